The Kier molecular flexibility index (Phi) is 3.91. The van der Waals surface area contributed by atoms with Gasteiger partial charge in [-0.05, 0) is 49.0 Å². The maximum absolute atomic E-state index is 6.29. The van der Waals surface area contributed by atoms with E-state index in [0.717, 1.165) is 20.8 Å². The highest BCUT2D eigenvalue weighted by molar-refractivity contribution is 7.71. The van der Waals surface area contributed by atoms with Crippen LogP contribution in [0.4, 0.5) is 0 Å². The number of rotatable bonds is 2. The molecule has 2 unspecified atom stereocenters. The predicted octanol–water partition coefficient (Wildman–Crippen LogP) is 5.74. The molecule has 0 spiro atoms. The van der Waals surface area contributed by atoms with Crippen molar-refractivity contribution in [3.8, 4) is 0 Å². The lowest BCUT2D eigenvalue weighted by molar-refractivity contribution is 0.186. The summed E-state index contributed by atoms with van der Waals surface area (Å²) in [5.41, 5.74) is 2.13. The van der Waals surface area contributed by atoms with E-state index in [0.29, 0.717) is 17.9 Å². The Morgan fingerprint density at radius 2 is 2.05 bits per heavy atom. The van der Waals surface area contributed by atoms with E-state index in [1.165, 1.54) is 25.7 Å². The molecule has 0 amide bonds. The van der Waals surface area contributed by atoms with Crippen LogP contribution in [0.15, 0.2) is 18.2 Å². The number of halogens is 1. The van der Waals surface area contributed by atoms with Crippen LogP contribution in [0.2, 0.25) is 5.02 Å². The zero-order valence-electron chi connectivity index (χ0n) is 12.0. The maximum Gasteiger partial charge on any atom is 0.178 e. The van der Waals surface area contributed by atoms with Crippen molar-refractivity contribution in [3.05, 3.63) is 28.0 Å². The van der Waals surface area contributed by atoms with E-state index in [1.54, 1.807) is 0 Å². The van der Waals surface area contributed by atoms with Gasteiger partial charge < -0.3 is 9.55 Å². The second kappa shape index (κ2) is 5.53. The fourth-order valence-corrected chi connectivity index (χ4v) is 4.23. The van der Waals surface area contributed by atoms with Crippen molar-refractivity contribution in [1.82, 2.24) is 9.55 Å². The zero-order chi connectivity index (χ0) is 14.3. The fourth-order valence-electron chi connectivity index (χ4n) is 3.68. The third kappa shape index (κ3) is 2.31. The normalized spacial score (nSPS) is 23.6. The molecule has 1 aromatic heterocycles. The van der Waals surface area contributed by atoms with Crippen molar-refractivity contribution in [2.75, 3.05) is 0 Å². The molecule has 1 heterocycles. The number of nitrogens with zero attached hydrogens (tertiary/aromatic N) is 1. The molecular formula is C16H21ClN2S. The molecule has 108 valence electrons. The van der Waals surface area contributed by atoms with Crippen LogP contribution in [0.1, 0.15) is 45.6 Å². The van der Waals surface area contributed by atoms with Crippen LogP contribution in [0, 0.1) is 16.6 Å². The number of imidazole rings is 1. The molecule has 1 saturated carbocycles. The molecule has 1 fully saturated rings. The van der Waals surface area contributed by atoms with Crippen LogP contribution >= 0.6 is 23.8 Å². The van der Waals surface area contributed by atoms with E-state index in [4.69, 9.17) is 23.8 Å². The first-order valence-electron chi connectivity index (χ1n) is 7.48. The molecule has 2 aromatic rings. The fraction of sp³-hybridized carbons (Fsp3) is 0.562. The number of benzene rings is 1. The first-order valence-corrected chi connectivity index (χ1v) is 8.27. The molecular weight excluding hydrogens is 288 g/mol. The second-order valence-electron chi connectivity index (χ2n) is 6.19. The Hall–Kier alpha value is -0.800. The SMILES string of the molecule is CC(C)C1CCCCC1n1c(=S)[nH]c2c(Cl)cccc21. The Morgan fingerprint density at radius 1 is 1.30 bits per heavy atom. The number of aromatic amines is 1. The van der Waals surface area contributed by atoms with Crippen molar-refractivity contribution >= 4 is 34.9 Å². The average molecular weight is 309 g/mol. The minimum Gasteiger partial charge on any atom is -0.329 e. The van der Waals surface area contributed by atoms with E-state index in [2.05, 4.69) is 29.5 Å². The maximum atomic E-state index is 6.29. The van der Waals surface area contributed by atoms with Crippen molar-refractivity contribution in [1.29, 1.82) is 0 Å². The average Bonchev–Trinajstić information content (AvgIpc) is 2.76. The summed E-state index contributed by atoms with van der Waals surface area (Å²) >= 11 is 11.9. The molecule has 0 bridgehead atoms. The summed E-state index contributed by atoms with van der Waals surface area (Å²) in [6.45, 7) is 4.66. The number of para-hydroxylation sites is 1. The summed E-state index contributed by atoms with van der Waals surface area (Å²) in [6.07, 6.45) is 5.16. The summed E-state index contributed by atoms with van der Waals surface area (Å²) in [4.78, 5) is 3.30. The first-order chi connectivity index (χ1) is 9.59. The van der Waals surface area contributed by atoms with Gasteiger partial charge in [-0.1, -0.05) is 44.4 Å². The van der Waals surface area contributed by atoms with Crippen LogP contribution in [-0.4, -0.2) is 9.55 Å². The third-order valence-corrected chi connectivity index (χ3v) is 5.29. The monoisotopic (exact) mass is 308 g/mol. The van der Waals surface area contributed by atoms with Gasteiger partial charge >= 0.3 is 0 Å². The van der Waals surface area contributed by atoms with Crippen LogP contribution in [0.5, 0.6) is 0 Å². The van der Waals surface area contributed by atoms with Crippen molar-refractivity contribution in [3.63, 3.8) is 0 Å². The van der Waals surface area contributed by atoms with Gasteiger partial charge in [-0.25, -0.2) is 0 Å². The van der Waals surface area contributed by atoms with Crippen LogP contribution < -0.4 is 0 Å². The van der Waals surface area contributed by atoms with E-state index in [9.17, 15) is 0 Å². The molecule has 1 N–H and O–H groups in total. The highest BCUT2D eigenvalue weighted by Crippen LogP contribution is 2.40. The molecule has 1 aliphatic carbocycles. The Balaban J connectivity index is 2.15. The minimum absolute atomic E-state index is 0.503. The molecule has 2 nitrogen and oxygen atoms in total. The van der Waals surface area contributed by atoms with Crippen molar-refractivity contribution in [2.24, 2.45) is 11.8 Å². The third-order valence-electron chi connectivity index (χ3n) is 4.67. The molecule has 2 atom stereocenters. The molecule has 20 heavy (non-hydrogen) atoms. The Labute approximate surface area is 130 Å². The van der Waals surface area contributed by atoms with Crippen molar-refractivity contribution < 1.29 is 0 Å². The largest absolute Gasteiger partial charge is 0.329 e. The summed E-state index contributed by atoms with van der Waals surface area (Å²) < 4.78 is 3.13. The molecule has 0 aliphatic heterocycles. The lowest BCUT2D eigenvalue weighted by atomic mass is 9.77. The molecule has 0 saturated heterocycles. The van der Waals surface area contributed by atoms with Gasteiger partial charge in [-0.3, -0.25) is 0 Å². The summed E-state index contributed by atoms with van der Waals surface area (Å²) in [7, 11) is 0. The Bertz CT molecular complexity index is 671. The predicted molar refractivity (Wildman–Crippen MR) is 88.0 cm³/mol. The molecule has 1 aromatic carbocycles. The lowest BCUT2D eigenvalue weighted by Gasteiger charge is -2.35. The quantitative estimate of drug-likeness (QED) is 0.702. The summed E-state index contributed by atoms with van der Waals surface area (Å²) in [5, 5.41) is 0.754. The van der Waals surface area contributed by atoms with Gasteiger partial charge in [0.1, 0.15) is 0 Å². The number of fused-ring (bicyclic) bond motifs is 1. The van der Waals surface area contributed by atoms with Crippen LogP contribution in [-0.2, 0) is 0 Å². The highest BCUT2D eigenvalue weighted by Gasteiger charge is 2.30. The Morgan fingerprint density at radius 3 is 2.80 bits per heavy atom. The van der Waals surface area contributed by atoms with Crippen LogP contribution in [0.3, 0.4) is 0 Å². The zero-order valence-corrected chi connectivity index (χ0v) is 13.6. The van der Waals surface area contributed by atoms with E-state index in [1.807, 2.05) is 12.1 Å². The number of hydrogen-bond acceptors (Lipinski definition) is 1. The van der Waals surface area contributed by atoms with Gasteiger partial charge in [0.25, 0.3) is 0 Å². The minimum atomic E-state index is 0.503. The van der Waals surface area contributed by atoms with E-state index < -0.39 is 0 Å². The van der Waals surface area contributed by atoms with Gasteiger partial charge in [0, 0.05) is 6.04 Å². The molecule has 1 aliphatic rings. The number of H-pyrrole nitrogens is 1. The number of aromatic nitrogens is 2. The van der Waals surface area contributed by atoms with Gasteiger partial charge in [-0.15, -0.1) is 0 Å². The topological polar surface area (TPSA) is 20.7 Å². The number of nitrogens with one attached hydrogen (secondary N) is 1. The molecule has 4 heteroatoms. The summed E-state index contributed by atoms with van der Waals surface area (Å²) in [5.74, 6) is 1.39. The van der Waals surface area contributed by atoms with E-state index >= 15 is 0 Å². The standard InChI is InChI=1S/C16H21ClN2S/c1-10(2)11-6-3-4-8-13(11)19-14-9-5-7-12(17)15(14)18-16(19)20/h5,7,9-11,13H,3-4,6,8H2,1-2H3,(H,18,20). The smallest absolute Gasteiger partial charge is 0.178 e. The van der Waals surface area contributed by atoms with Gasteiger partial charge in [-0.2, -0.15) is 0 Å². The van der Waals surface area contributed by atoms with E-state index in [-0.39, 0.29) is 0 Å². The number of hydrogen-bond donors (Lipinski definition) is 1. The lowest BCUT2D eigenvalue weighted by Crippen LogP contribution is -2.27. The molecule has 0 radical (unpaired) electrons. The highest BCUT2D eigenvalue weighted by atomic mass is 35.5. The van der Waals surface area contributed by atoms with Gasteiger partial charge in [0.2, 0.25) is 0 Å². The van der Waals surface area contributed by atoms with Crippen LogP contribution in [0.25, 0.3) is 11.0 Å². The summed E-state index contributed by atoms with van der Waals surface area (Å²) in [6, 6.07) is 6.56. The first kappa shape index (κ1) is 14.2. The second-order valence-corrected chi connectivity index (χ2v) is 6.99. The van der Waals surface area contributed by atoms with Gasteiger partial charge in [0.05, 0.1) is 16.1 Å². The van der Waals surface area contributed by atoms with Gasteiger partial charge in [0.15, 0.2) is 4.77 Å². The van der Waals surface area contributed by atoms with Crippen molar-refractivity contribution in [2.45, 2.75) is 45.6 Å². The molecule has 3 rings (SSSR count).